The third kappa shape index (κ3) is 5.04. The van der Waals surface area contributed by atoms with E-state index in [1.165, 1.54) is 17.7 Å². The van der Waals surface area contributed by atoms with E-state index in [-0.39, 0.29) is 26.7 Å². The van der Waals surface area contributed by atoms with Crippen LogP contribution in [-0.2, 0) is 10.0 Å². The van der Waals surface area contributed by atoms with Gasteiger partial charge in [0.15, 0.2) is 0 Å². The smallest absolute Gasteiger partial charge is 0.244 e. The van der Waals surface area contributed by atoms with Crippen LogP contribution in [-0.4, -0.2) is 21.0 Å². The normalized spacial score (nSPS) is 12.8. The van der Waals surface area contributed by atoms with Crippen molar-refractivity contribution < 1.29 is 8.42 Å². The van der Waals surface area contributed by atoms with E-state index in [0.717, 1.165) is 11.3 Å². The van der Waals surface area contributed by atoms with Gasteiger partial charge < -0.3 is 11.1 Å². The zero-order valence-electron chi connectivity index (χ0n) is 14.9. The molecule has 0 aliphatic rings. The molecule has 142 valence electrons. The molecule has 2 aromatic rings. The molecule has 2 rings (SSSR count). The lowest BCUT2D eigenvalue weighted by Crippen LogP contribution is -2.39. The van der Waals surface area contributed by atoms with Gasteiger partial charge in [0.25, 0.3) is 0 Å². The molecule has 0 amide bonds. The number of nitrogen functional groups attached to an aromatic ring is 1. The molecular weight excluding hydrogens is 393 g/mol. The zero-order valence-corrected chi connectivity index (χ0v) is 17.3. The van der Waals surface area contributed by atoms with Crippen molar-refractivity contribution in [2.75, 3.05) is 17.6 Å². The van der Waals surface area contributed by atoms with Crippen LogP contribution in [0.25, 0.3) is 0 Å². The van der Waals surface area contributed by atoms with Gasteiger partial charge in [-0.2, -0.15) is 0 Å². The van der Waals surface area contributed by atoms with Crippen LogP contribution in [0.2, 0.25) is 10.0 Å². The number of nitrogens with one attached hydrogen (secondary N) is 2. The number of benzene rings is 2. The number of rotatable bonds is 7. The largest absolute Gasteiger partial charge is 0.398 e. The highest BCUT2D eigenvalue weighted by atomic mass is 35.5. The van der Waals surface area contributed by atoms with Crippen molar-refractivity contribution >= 4 is 44.6 Å². The molecule has 0 aliphatic heterocycles. The van der Waals surface area contributed by atoms with E-state index in [1.807, 2.05) is 32.9 Å². The molecule has 4 N–H and O–H groups in total. The van der Waals surface area contributed by atoms with Gasteiger partial charge in [0.2, 0.25) is 10.0 Å². The molecule has 0 bridgehead atoms. The lowest BCUT2D eigenvalue weighted by molar-refractivity contribution is 0.548. The van der Waals surface area contributed by atoms with Gasteiger partial charge in [0.1, 0.15) is 4.90 Å². The van der Waals surface area contributed by atoms with Crippen LogP contribution in [0.15, 0.2) is 35.2 Å². The number of anilines is 2. The van der Waals surface area contributed by atoms with E-state index in [2.05, 4.69) is 16.1 Å². The molecule has 0 spiro atoms. The van der Waals surface area contributed by atoms with E-state index in [1.54, 1.807) is 0 Å². The van der Waals surface area contributed by atoms with Crippen molar-refractivity contribution in [1.29, 1.82) is 0 Å². The fraction of sp³-hybridized carbons (Fsp3) is 0.333. The minimum Gasteiger partial charge on any atom is -0.398 e. The van der Waals surface area contributed by atoms with Gasteiger partial charge in [-0.1, -0.05) is 47.8 Å². The van der Waals surface area contributed by atoms with E-state index in [4.69, 9.17) is 28.9 Å². The van der Waals surface area contributed by atoms with Crippen LogP contribution in [0, 0.1) is 13.8 Å². The second kappa shape index (κ2) is 8.48. The van der Waals surface area contributed by atoms with E-state index < -0.39 is 10.0 Å². The van der Waals surface area contributed by atoms with Crippen LogP contribution >= 0.6 is 23.2 Å². The van der Waals surface area contributed by atoms with Crippen LogP contribution in [0.5, 0.6) is 0 Å². The summed E-state index contributed by atoms with van der Waals surface area (Å²) in [5, 5.41) is 3.58. The molecule has 0 saturated carbocycles. The molecule has 0 aromatic heterocycles. The summed E-state index contributed by atoms with van der Waals surface area (Å²) in [6.07, 6.45) is 0.599. The number of halogens is 2. The summed E-state index contributed by atoms with van der Waals surface area (Å²) in [6, 6.07) is 8.47. The summed E-state index contributed by atoms with van der Waals surface area (Å²) in [7, 11) is -3.88. The average Bonchev–Trinajstić information content (AvgIpc) is 2.51. The summed E-state index contributed by atoms with van der Waals surface area (Å²) in [5.41, 5.74) is 9.09. The van der Waals surface area contributed by atoms with Gasteiger partial charge in [-0.25, -0.2) is 13.1 Å². The van der Waals surface area contributed by atoms with Crippen molar-refractivity contribution in [2.24, 2.45) is 0 Å². The van der Waals surface area contributed by atoms with Crippen LogP contribution in [0.3, 0.4) is 0 Å². The molecule has 2 aromatic carbocycles. The lowest BCUT2D eigenvalue weighted by atomic mass is 10.1. The Labute approximate surface area is 164 Å². The van der Waals surface area contributed by atoms with E-state index >= 15 is 0 Å². The maximum Gasteiger partial charge on any atom is 0.244 e. The average molecular weight is 416 g/mol. The summed E-state index contributed by atoms with van der Waals surface area (Å²) in [6.45, 7) is 6.38. The second-order valence-corrected chi connectivity index (χ2v) is 8.73. The first-order chi connectivity index (χ1) is 12.1. The predicted octanol–water partition coefficient (Wildman–Crippen LogP) is 4.36. The molecule has 1 atom stereocenters. The molecule has 0 saturated heterocycles. The molecule has 26 heavy (non-hydrogen) atoms. The Kier molecular flexibility index (Phi) is 6.80. The Bertz CT molecular complexity index is 878. The molecular formula is C18H23Cl2N3O2S. The first-order valence-corrected chi connectivity index (χ1v) is 10.5. The number of sulfonamides is 1. The van der Waals surface area contributed by atoms with Crippen LogP contribution in [0.1, 0.15) is 24.5 Å². The number of aryl methyl sites for hydroxylation is 2. The summed E-state index contributed by atoms with van der Waals surface area (Å²) >= 11 is 11.9. The fourth-order valence-corrected chi connectivity index (χ4v) is 4.96. The van der Waals surface area contributed by atoms with Gasteiger partial charge in [-0.05, 0) is 44.0 Å². The lowest BCUT2D eigenvalue weighted by Gasteiger charge is -2.20. The standard InChI is InChI=1S/C18H23Cl2N3O2S/c1-4-14(10-22-17-6-5-11(2)7-12(17)3)23-26(24,25)18-15(20)8-13(19)9-16(18)21/h5-9,14,22-23H,4,10,21H2,1-3H3. The predicted molar refractivity (Wildman–Crippen MR) is 110 cm³/mol. The third-order valence-electron chi connectivity index (χ3n) is 4.04. The van der Waals surface area contributed by atoms with Gasteiger partial charge in [-0.3, -0.25) is 0 Å². The first-order valence-electron chi connectivity index (χ1n) is 8.22. The van der Waals surface area contributed by atoms with Crippen molar-refractivity contribution in [3.63, 3.8) is 0 Å². The van der Waals surface area contributed by atoms with Gasteiger partial charge >= 0.3 is 0 Å². The highest BCUT2D eigenvalue weighted by Crippen LogP contribution is 2.31. The van der Waals surface area contributed by atoms with Crippen molar-refractivity contribution in [1.82, 2.24) is 4.72 Å². The number of hydrogen-bond donors (Lipinski definition) is 3. The van der Waals surface area contributed by atoms with Crippen molar-refractivity contribution in [3.05, 3.63) is 51.5 Å². The molecule has 0 fully saturated rings. The zero-order chi connectivity index (χ0) is 19.5. The number of hydrogen-bond acceptors (Lipinski definition) is 4. The number of nitrogens with two attached hydrogens (primary N) is 1. The summed E-state index contributed by atoms with van der Waals surface area (Å²) < 4.78 is 28.1. The Morgan fingerprint density at radius 3 is 2.42 bits per heavy atom. The minimum absolute atomic E-state index is 0.000286. The van der Waals surface area contributed by atoms with Crippen molar-refractivity contribution in [3.8, 4) is 0 Å². The monoisotopic (exact) mass is 415 g/mol. The highest BCUT2D eigenvalue weighted by Gasteiger charge is 2.25. The summed E-state index contributed by atoms with van der Waals surface area (Å²) in [5.74, 6) is 0. The second-order valence-electron chi connectivity index (χ2n) is 6.23. The Morgan fingerprint density at radius 2 is 1.85 bits per heavy atom. The van der Waals surface area contributed by atoms with Gasteiger partial charge in [-0.15, -0.1) is 0 Å². The summed E-state index contributed by atoms with van der Waals surface area (Å²) in [4.78, 5) is -0.145. The fourth-order valence-electron chi connectivity index (χ4n) is 2.66. The van der Waals surface area contributed by atoms with Crippen molar-refractivity contribution in [2.45, 2.75) is 38.1 Å². The molecule has 0 radical (unpaired) electrons. The Balaban J connectivity index is 2.16. The molecule has 1 unspecified atom stereocenters. The van der Waals surface area contributed by atoms with Gasteiger partial charge in [0.05, 0.1) is 10.7 Å². The Morgan fingerprint density at radius 1 is 1.15 bits per heavy atom. The topological polar surface area (TPSA) is 84.2 Å². The molecule has 0 aliphatic carbocycles. The van der Waals surface area contributed by atoms with Gasteiger partial charge in [0, 0.05) is 23.3 Å². The van der Waals surface area contributed by atoms with E-state index in [0.29, 0.717) is 13.0 Å². The maximum absolute atomic E-state index is 12.7. The molecule has 5 nitrogen and oxygen atoms in total. The molecule has 0 heterocycles. The highest BCUT2D eigenvalue weighted by molar-refractivity contribution is 7.89. The van der Waals surface area contributed by atoms with E-state index in [9.17, 15) is 8.42 Å². The maximum atomic E-state index is 12.7. The van der Waals surface area contributed by atoms with Crippen LogP contribution in [0.4, 0.5) is 11.4 Å². The van der Waals surface area contributed by atoms with Crippen LogP contribution < -0.4 is 15.8 Å². The third-order valence-corrected chi connectivity index (χ3v) is 6.31. The first kappa shape index (κ1) is 20.8. The Hall–Kier alpha value is -1.47. The minimum atomic E-state index is -3.88. The SMILES string of the molecule is CCC(CNc1ccc(C)cc1C)NS(=O)(=O)c1c(N)cc(Cl)cc1Cl. The molecule has 8 heteroatoms. The quantitative estimate of drug-likeness (QED) is 0.586.